The molecule has 0 amide bonds. The van der Waals surface area contributed by atoms with Gasteiger partial charge in [0.05, 0.1) is 13.0 Å². The van der Waals surface area contributed by atoms with Crippen LogP contribution in [-0.4, -0.2) is 17.9 Å². The van der Waals surface area contributed by atoms with Crippen molar-refractivity contribution in [1.82, 2.24) is 0 Å². The molecule has 0 saturated carbocycles. The minimum Gasteiger partial charge on any atom is -0.396 e. The van der Waals surface area contributed by atoms with Crippen LogP contribution in [0.2, 0.25) is 0 Å². The fourth-order valence-corrected chi connectivity index (χ4v) is 1.82. The maximum Gasteiger partial charge on any atom is 0.389 e. The molecule has 1 nitrogen and oxygen atoms in total. The second-order valence-electron chi connectivity index (χ2n) is 2.76. The molecule has 0 bridgehead atoms. The third-order valence-corrected chi connectivity index (χ3v) is 2.41. The van der Waals surface area contributed by atoms with Crippen LogP contribution in [0, 0.1) is 0 Å². The number of hydrogen-bond donors (Lipinski definition) is 1. The fourth-order valence-electron chi connectivity index (χ4n) is 1.07. The van der Waals surface area contributed by atoms with Crippen LogP contribution in [0.1, 0.15) is 17.9 Å². The van der Waals surface area contributed by atoms with Gasteiger partial charge in [0.2, 0.25) is 0 Å². The molecule has 1 atom stereocenters. The summed E-state index contributed by atoms with van der Waals surface area (Å²) in [4.78, 5) is 0. The van der Waals surface area contributed by atoms with Gasteiger partial charge in [-0.15, -0.1) is 0 Å². The van der Waals surface area contributed by atoms with E-state index in [0.717, 1.165) is 0 Å². The van der Waals surface area contributed by atoms with Gasteiger partial charge in [-0.25, -0.2) is 0 Å². The van der Waals surface area contributed by atoms with Gasteiger partial charge in [-0.05, 0) is 22.4 Å². The van der Waals surface area contributed by atoms with Crippen molar-refractivity contribution in [2.75, 3.05) is 6.61 Å². The van der Waals surface area contributed by atoms with E-state index in [9.17, 15) is 13.2 Å². The zero-order chi connectivity index (χ0) is 9.90. The van der Waals surface area contributed by atoms with E-state index in [1.807, 2.05) is 0 Å². The van der Waals surface area contributed by atoms with Gasteiger partial charge in [-0.1, -0.05) is 0 Å². The summed E-state index contributed by atoms with van der Waals surface area (Å²) in [5.41, 5.74) is 0.560. The summed E-state index contributed by atoms with van der Waals surface area (Å²) in [6, 6.07) is 1.61. The first-order valence-electron chi connectivity index (χ1n) is 3.72. The third-order valence-electron chi connectivity index (χ3n) is 1.71. The number of hydrogen-bond acceptors (Lipinski definition) is 2. The van der Waals surface area contributed by atoms with Gasteiger partial charge in [0.25, 0.3) is 0 Å². The Hall–Kier alpha value is -0.550. The standard InChI is InChI=1S/C8H9F3OS/c9-8(10,11)3-7(4-12)6-1-2-13-5-6/h1-2,5,7,12H,3-4H2/t7-/m1/s1. The van der Waals surface area contributed by atoms with E-state index in [2.05, 4.69) is 0 Å². The van der Waals surface area contributed by atoms with Gasteiger partial charge in [-0.3, -0.25) is 0 Å². The molecule has 1 aromatic rings. The van der Waals surface area contributed by atoms with E-state index >= 15 is 0 Å². The van der Waals surface area contributed by atoms with E-state index in [1.54, 1.807) is 16.8 Å². The van der Waals surface area contributed by atoms with Gasteiger partial charge in [0, 0.05) is 5.92 Å². The first-order valence-corrected chi connectivity index (χ1v) is 4.67. The van der Waals surface area contributed by atoms with Crippen LogP contribution in [-0.2, 0) is 0 Å². The van der Waals surface area contributed by atoms with Crippen molar-refractivity contribution in [2.45, 2.75) is 18.5 Å². The quantitative estimate of drug-likeness (QED) is 0.813. The highest BCUT2D eigenvalue weighted by molar-refractivity contribution is 7.07. The van der Waals surface area contributed by atoms with Crippen LogP contribution in [0.4, 0.5) is 13.2 Å². The molecule has 13 heavy (non-hydrogen) atoms. The van der Waals surface area contributed by atoms with Crippen LogP contribution >= 0.6 is 11.3 Å². The molecule has 0 spiro atoms. The van der Waals surface area contributed by atoms with Crippen LogP contribution in [0.3, 0.4) is 0 Å². The van der Waals surface area contributed by atoms with Gasteiger partial charge < -0.3 is 5.11 Å². The molecule has 5 heteroatoms. The van der Waals surface area contributed by atoms with E-state index in [4.69, 9.17) is 5.11 Å². The maximum absolute atomic E-state index is 12.0. The average Bonchev–Trinajstić information content (AvgIpc) is 2.50. The SMILES string of the molecule is OC[C@@H](CC(F)(F)F)c1ccsc1. The summed E-state index contributed by atoms with van der Waals surface area (Å²) in [5, 5.41) is 12.1. The van der Waals surface area contributed by atoms with Crippen molar-refractivity contribution in [2.24, 2.45) is 0 Å². The first-order chi connectivity index (χ1) is 6.03. The summed E-state index contributed by atoms with van der Waals surface area (Å²) in [5.74, 6) is -0.814. The summed E-state index contributed by atoms with van der Waals surface area (Å²) < 4.78 is 35.9. The van der Waals surface area contributed by atoms with E-state index in [1.165, 1.54) is 11.3 Å². The van der Waals surface area contributed by atoms with Gasteiger partial charge >= 0.3 is 6.18 Å². The molecule has 1 rings (SSSR count). The molecule has 0 aliphatic rings. The Balaban J connectivity index is 2.64. The lowest BCUT2D eigenvalue weighted by Gasteiger charge is -2.14. The van der Waals surface area contributed by atoms with Gasteiger partial charge in [0.15, 0.2) is 0 Å². The Morgan fingerprint density at radius 3 is 2.54 bits per heavy atom. The number of aliphatic hydroxyl groups is 1. The van der Waals surface area contributed by atoms with Crippen LogP contribution in [0.15, 0.2) is 16.8 Å². The van der Waals surface area contributed by atoms with Crippen LogP contribution in [0.5, 0.6) is 0 Å². The van der Waals surface area contributed by atoms with E-state index in [0.29, 0.717) is 5.56 Å². The minimum absolute atomic E-state index is 0.462. The molecule has 74 valence electrons. The number of aliphatic hydroxyl groups excluding tert-OH is 1. The molecule has 0 saturated heterocycles. The highest BCUT2D eigenvalue weighted by Crippen LogP contribution is 2.31. The van der Waals surface area contributed by atoms with Crippen LogP contribution < -0.4 is 0 Å². The highest BCUT2D eigenvalue weighted by Gasteiger charge is 2.32. The van der Waals surface area contributed by atoms with Crippen molar-refractivity contribution in [3.05, 3.63) is 22.4 Å². The van der Waals surface area contributed by atoms with Crippen molar-refractivity contribution in [3.8, 4) is 0 Å². The Bertz CT molecular complexity index is 242. The Labute approximate surface area is 77.8 Å². The molecule has 0 unspecified atom stereocenters. The molecule has 0 aliphatic carbocycles. The lowest BCUT2D eigenvalue weighted by molar-refractivity contribution is -0.140. The number of thiophene rings is 1. The topological polar surface area (TPSA) is 20.2 Å². The molecular weight excluding hydrogens is 201 g/mol. The number of rotatable bonds is 3. The molecule has 1 aromatic heterocycles. The number of halogens is 3. The highest BCUT2D eigenvalue weighted by atomic mass is 32.1. The molecule has 1 heterocycles. The minimum atomic E-state index is -4.21. The first kappa shape index (κ1) is 10.5. The summed E-state index contributed by atoms with van der Waals surface area (Å²) in [6.07, 6.45) is -5.17. The molecule has 0 aromatic carbocycles. The monoisotopic (exact) mass is 210 g/mol. The maximum atomic E-state index is 12.0. The molecule has 1 N–H and O–H groups in total. The van der Waals surface area contributed by atoms with E-state index in [-0.39, 0.29) is 0 Å². The predicted octanol–water partition coefficient (Wildman–Crippen LogP) is 2.78. The second kappa shape index (κ2) is 4.11. The average molecular weight is 210 g/mol. The summed E-state index contributed by atoms with van der Waals surface area (Å²) in [7, 11) is 0. The smallest absolute Gasteiger partial charge is 0.389 e. The molecular formula is C8H9F3OS. The number of alkyl halides is 3. The Kier molecular flexibility index (Phi) is 3.33. The van der Waals surface area contributed by atoms with Gasteiger partial charge in [0.1, 0.15) is 0 Å². The van der Waals surface area contributed by atoms with E-state index < -0.39 is 25.1 Å². The zero-order valence-electron chi connectivity index (χ0n) is 6.71. The lowest BCUT2D eigenvalue weighted by atomic mass is 9.99. The second-order valence-corrected chi connectivity index (χ2v) is 3.54. The molecule has 0 fully saturated rings. The largest absolute Gasteiger partial charge is 0.396 e. The lowest BCUT2D eigenvalue weighted by Crippen LogP contribution is -2.16. The predicted molar refractivity (Wildman–Crippen MR) is 44.8 cm³/mol. The van der Waals surface area contributed by atoms with Crippen LogP contribution in [0.25, 0.3) is 0 Å². The summed E-state index contributed by atoms with van der Waals surface area (Å²) in [6.45, 7) is -0.462. The Morgan fingerprint density at radius 2 is 2.15 bits per heavy atom. The fraction of sp³-hybridized carbons (Fsp3) is 0.500. The third kappa shape index (κ3) is 3.36. The van der Waals surface area contributed by atoms with Crippen molar-refractivity contribution in [3.63, 3.8) is 0 Å². The van der Waals surface area contributed by atoms with Crippen molar-refractivity contribution >= 4 is 11.3 Å². The zero-order valence-corrected chi connectivity index (χ0v) is 7.53. The molecule has 0 aliphatic heterocycles. The Morgan fingerprint density at radius 1 is 1.46 bits per heavy atom. The molecule has 0 radical (unpaired) electrons. The van der Waals surface area contributed by atoms with Gasteiger partial charge in [-0.2, -0.15) is 24.5 Å². The summed E-state index contributed by atoms with van der Waals surface area (Å²) >= 11 is 1.33. The normalized spacial score (nSPS) is 14.5. The van der Waals surface area contributed by atoms with Crippen molar-refractivity contribution in [1.29, 1.82) is 0 Å². The van der Waals surface area contributed by atoms with Crippen molar-refractivity contribution < 1.29 is 18.3 Å².